The molecule has 1 aliphatic rings. The molecule has 19 heavy (non-hydrogen) atoms. The molecule has 104 valence electrons. The summed E-state index contributed by atoms with van der Waals surface area (Å²) in [6, 6.07) is 5.70. The normalized spacial score (nSPS) is 20.8. The molecular weight excluding hydrogens is 257 g/mol. The van der Waals surface area contributed by atoms with E-state index in [0.717, 1.165) is 0 Å². The zero-order valence-corrected chi connectivity index (χ0v) is 10.4. The molecule has 0 fully saturated rings. The van der Waals surface area contributed by atoms with E-state index < -0.39 is 24.0 Å². The van der Waals surface area contributed by atoms with Gasteiger partial charge in [-0.2, -0.15) is 13.2 Å². The van der Waals surface area contributed by atoms with Crippen molar-refractivity contribution in [3.63, 3.8) is 0 Å². The second kappa shape index (κ2) is 4.75. The minimum atomic E-state index is -4.27. The second-order valence-electron chi connectivity index (χ2n) is 4.71. The van der Waals surface area contributed by atoms with E-state index in [1.54, 1.807) is 30.0 Å². The van der Waals surface area contributed by atoms with Gasteiger partial charge in [0.15, 0.2) is 0 Å². The van der Waals surface area contributed by atoms with Gasteiger partial charge in [-0.15, -0.1) is 0 Å². The van der Waals surface area contributed by atoms with Crippen LogP contribution in [0.1, 0.15) is 24.8 Å². The Labute approximate surface area is 109 Å². The maximum Gasteiger partial charge on any atom is 0.395 e. The predicted octanol–water partition coefficient (Wildman–Crippen LogP) is 2.42. The van der Waals surface area contributed by atoms with Crippen molar-refractivity contribution < 1.29 is 18.0 Å². The molecule has 0 aliphatic carbocycles. The van der Waals surface area contributed by atoms with Gasteiger partial charge in [0.2, 0.25) is 5.91 Å². The van der Waals surface area contributed by atoms with Gasteiger partial charge in [-0.3, -0.25) is 4.79 Å². The molecular formula is C13H15F3N2O. The molecule has 1 aliphatic heterocycles. The number of alkyl halides is 3. The minimum absolute atomic E-state index is 0.0574. The first-order chi connectivity index (χ1) is 8.82. The van der Waals surface area contributed by atoms with E-state index in [9.17, 15) is 18.0 Å². The first-order valence-electron chi connectivity index (χ1n) is 6.04. The summed E-state index contributed by atoms with van der Waals surface area (Å²) >= 11 is 0. The monoisotopic (exact) mass is 272 g/mol. The lowest BCUT2D eigenvalue weighted by Gasteiger charge is -2.38. The van der Waals surface area contributed by atoms with E-state index in [4.69, 9.17) is 5.73 Å². The molecule has 0 saturated heterocycles. The summed E-state index contributed by atoms with van der Waals surface area (Å²) in [5, 5.41) is 0. The topological polar surface area (TPSA) is 46.3 Å². The summed E-state index contributed by atoms with van der Waals surface area (Å²) in [4.78, 5) is 12.9. The minimum Gasteiger partial charge on any atom is -0.368 e. The number of hydrogen-bond donors (Lipinski definition) is 1. The van der Waals surface area contributed by atoms with Crippen molar-refractivity contribution in [2.24, 2.45) is 5.73 Å². The molecule has 1 amide bonds. The summed E-state index contributed by atoms with van der Waals surface area (Å²) < 4.78 is 39.0. The maximum atomic E-state index is 13.0. The Morgan fingerprint density at radius 3 is 2.63 bits per heavy atom. The number of para-hydroxylation sites is 1. The Bertz CT molecular complexity index is 487. The number of halogens is 3. The molecule has 1 aromatic carbocycles. The first kappa shape index (κ1) is 13.7. The largest absolute Gasteiger partial charge is 0.395 e. The van der Waals surface area contributed by atoms with Crippen LogP contribution < -0.4 is 10.6 Å². The number of fused-ring (bicyclic) bond motifs is 1. The highest BCUT2D eigenvalue weighted by atomic mass is 19.4. The summed E-state index contributed by atoms with van der Waals surface area (Å²) in [5.41, 5.74) is 5.91. The van der Waals surface area contributed by atoms with Crippen LogP contribution in [0.4, 0.5) is 18.9 Å². The van der Waals surface area contributed by atoms with E-state index >= 15 is 0 Å². The van der Waals surface area contributed by atoms with Crippen LogP contribution in [0.2, 0.25) is 0 Å². The van der Waals surface area contributed by atoms with Gasteiger partial charge in [-0.25, -0.2) is 0 Å². The lowest BCUT2D eigenvalue weighted by molar-refractivity contribution is -0.152. The van der Waals surface area contributed by atoms with E-state index in [-0.39, 0.29) is 18.5 Å². The number of hydrogen-bond acceptors (Lipinski definition) is 2. The smallest absolute Gasteiger partial charge is 0.368 e. The first-order valence-corrected chi connectivity index (χ1v) is 6.04. The average molecular weight is 272 g/mol. The van der Waals surface area contributed by atoms with Gasteiger partial charge in [-0.05, 0) is 25.0 Å². The Morgan fingerprint density at radius 1 is 1.42 bits per heavy atom. The Kier molecular flexibility index (Phi) is 3.43. The third-order valence-electron chi connectivity index (χ3n) is 3.55. The van der Waals surface area contributed by atoms with Crippen molar-refractivity contribution in [2.75, 3.05) is 11.4 Å². The number of nitrogens with two attached hydrogens (primary N) is 1. The molecule has 0 unspecified atom stereocenters. The lowest BCUT2D eigenvalue weighted by Crippen LogP contribution is -2.47. The summed E-state index contributed by atoms with van der Waals surface area (Å²) in [6.07, 6.45) is -4.32. The van der Waals surface area contributed by atoms with Crippen LogP contribution in [-0.2, 0) is 4.79 Å². The van der Waals surface area contributed by atoms with Gasteiger partial charge in [0.25, 0.3) is 0 Å². The predicted molar refractivity (Wildman–Crippen MR) is 65.9 cm³/mol. The highest BCUT2D eigenvalue weighted by Gasteiger charge is 2.44. The zero-order chi connectivity index (χ0) is 14.2. The number of carbonyl (C=O) groups is 1. The van der Waals surface area contributed by atoms with Gasteiger partial charge < -0.3 is 10.6 Å². The molecule has 2 atom stereocenters. The fourth-order valence-corrected chi connectivity index (χ4v) is 2.48. The van der Waals surface area contributed by atoms with Crippen LogP contribution in [0.25, 0.3) is 0 Å². The van der Waals surface area contributed by atoms with E-state index in [1.165, 1.54) is 6.07 Å². The molecule has 6 heteroatoms. The fraction of sp³-hybridized carbons (Fsp3) is 0.462. The molecule has 2 rings (SSSR count). The molecule has 1 heterocycles. The van der Waals surface area contributed by atoms with Crippen molar-refractivity contribution in [3.05, 3.63) is 29.8 Å². The summed E-state index contributed by atoms with van der Waals surface area (Å²) in [7, 11) is 0. The third kappa shape index (κ3) is 2.52. The number of amides is 1. The quantitative estimate of drug-likeness (QED) is 0.898. The number of anilines is 1. The molecule has 1 aromatic rings. The Balaban J connectivity index is 2.43. The molecule has 0 aromatic heterocycles. The van der Waals surface area contributed by atoms with Crippen LogP contribution in [0.3, 0.4) is 0 Å². The number of primary amides is 1. The zero-order valence-electron chi connectivity index (χ0n) is 10.4. The molecule has 0 bridgehead atoms. The molecule has 3 nitrogen and oxygen atoms in total. The van der Waals surface area contributed by atoms with Crippen LogP contribution in [0.5, 0.6) is 0 Å². The van der Waals surface area contributed by atoms with Gasteiger partial charge in [-0.1, -0.05) is 18.2 Å². The molecule has 0 radical (unpaired) electrons. The summed E-state index contributed by atoms with van der Waals surface area (Å²) in [6.45, 7) is 1.78. The number of rotatable bonds is 2. The molecule has 2 N–H and O–H groups in total. The van der Waals surface area contributed by atoms with Crippen molar-refractivity contribution >= 4 is 11.6 Å². The number of benzene rings is 1. The van der Waals surface area contributed by atoms with E-state index in [1.807, 2.05) is 0 Å². The number of nitrogens with zero attached hydrogens (tertiary/aromatic N) is 1. The van der Waals surface area contributed by atoms with Gasteiger partial charge >= 0.3 is 6.18 Å². The molecule has 0 saturated carbocycles. The molecule has 0 spiro atoms. The van der Waals surface area contributed by atoms with Gasteiger partial charge in [0.1, 0.15) is 6.04 Å². The highest BCUT2D eigenvalue weighted by molar-refractivity contribution is 5.83. The standard InChI is InChI=1S/C13H15F3N2O/c1-8(12(17)19)18-7-6-10(13(14,15)16)9-4-2-3-5-11(9)18/h2-5,8,10H,6-7H2,1H3,(H2,17,19)/t8-,10-/m0/s1. The highest BCUT2D eigenvalue weighted by Crippen LogP contribution is 2.45. The summed E-state index contributed by atoms with van der Waals surface area (Å²) in [5.74, 6) is -2.01. The van der Waals surface area contributed by atoms with E-state index in [2.05, 4.69) is 0 Å². The van der Waals surface area contributed by atoms with Crippen molar-refractivity contribution in [2.45, 2.75) is 31.5 Å². The van der Waals surface area contributed by atoms with E-state index in [0.29, 0.717) is 5.69 Å². The van der Waals surface area contributed by atoms with Crippen molar-refractivity contribution in [1.82, 2.24) is 0 Å². The third-order valence-corrected chi connectivity index (χ3v) is 3.55. The van der Waals surface area contributed by atoms with Crippen LogP contribution in [0, 0.1) is 0 Å². The average Bonchev–Trinajstić information content (AvgIpc) is 2.35. The van der Waals surface area contributed by atoms with Crippen molar-refractivity contribution in [3.8, 4) is 0 Å². The Hall–Kier alpha value is -1.72. The van der Waals surface area contributed by atoms with Crippen molar-refractivity contribution in [1.29, 1.82) is 0 Å². The fourth-order valence-electron chi connectivity index (χ4n) is 2.48. The maximum absolute atomic E-state index is 13.0. The van der Waals surface area contributed by atoms with Gasteiger partial charge in [0.05, 0.1) is 5.92 Å². The van der Waals surface area contributed by atoms with Crippen LogP contribution >= 0.6 is 0 Å². The SMILES string of the molecule is C[C@@H](C(N)=O)N1CC[C@H](C(F)(F)F)c2ccccc21. The lowest BCUT2D eigenvalue weighted by atomic mass is 9.88. The van der Waals surface area contributed by atoms with Crippen LogP contribution in [0.15, 0.2) is 24.3 Å². The van der Waals surface area contributed by atoms with Gasteiger partial charge in [0, 0.05) is 12.2 Å². The Morgan fingerprint density at radius 2 is 2.05 bits per heavy atom. The van der Waals surface area contributed by atoms with Crippen LogP contribution in [-0.4, -0.2) is 24.7 Å². The second-order valence-corrected chi connectivity index (χ2v) is 4.71. The number of carbonyl (C=O) groups excluding carboxylic acids is 1.